The molecule has 3 aromatic rings. The van der Waals surface area contributed by atoms with E-state index in [0.717, 1.165) is 54.0 Å². The van der Waals surface area contributed by atoms with E-state index in [1.54, 1.807) is 11.3 Å². The van der Waals surface area contributed by atoms with E-state index in [-0.39, 0.29) is 5.91 Å². The highest BCUT2D eigenvalue weighted by Crippen LogP contribution is 2.31. The summed E-state index contributed by atoms with van der Waals surface area (Å²) in [5.74, 6) is -0.0565. The van der Waals surface area contributed by atoms with Gasteiger partial charge in [-0.15, -0.1) is 22.7 Å². The second-order valence-corrected chi connectivity index (χ2v) is 8.70. The van der Waals surface area contributed by atoms with Gasteiger partial charge in [-0.05, 0) is 29.5 Å². The van der Waals surface area contributed by atoms with E-state index < -0.39 is 0 Å². The molecule has 1 saturated heterocycles. The Morgan fingerprint density at radius 2 is 1.96 bits per heavy atom. The molecule has 1 N–H and O–H groups in total. The Labute approximate surface area is 173 Å². The molecule has 7 heteroatoms. The minimum atomic E-state index is -0.0565. The van der Waals surface area contributed by atoms with Gasteiger partial charge in [0.2, 0.25) is 0 Å². The average Bonchev–Trinajstić information content (AvgIpc) is 3.37. The molecule has 4 rings (SSSR count). The molecule has 1 amide bonds. The second kappa shape index (κ2) is 8.96. The van der Waals surface area contributed by atoms with Gasteiger partial charge in [0.15, 0.2) is 0 Å². The Kier molecular flexibility index (Phi) is 6.17. The van der Waals surface area contributed by atoms with Crippen molar-refractivity contribution in [2.24, 2.45) is 0 Å². The van der Waals surface area contributed by atoms with E-state index in [4.69, 9.17) is 4.74 Å². The molecule has 5 nitrogen and oxygen atoms in total. The van der Waals surface area contributed by atoms with E-state index in [2.05, 4.69) is 33.4 Å². The van der Waals surface area contributed by atoms with Crippen molar-refractivity contribution in [2.45, 2.75) is 20.0 Å². The predicted octanol–water partition coefficient (Wildman–Crippen LogP) is 3.94. The molecule has 1 aliphatic rings. The number of nitrogens with one attached hydrogen (secondary N) is 1. The van der Waals surface area contributed by atoms with E-state index in [1.165, 1.54) is 16.9 Å². The lowest BCUT2D eigenvalue weighted by Crippen LogP contribution is -2.36. The molecule has 1 fully saturated rings. The lowest BCUT2D eigenvalue weighted by Gasteiger charge is -2.27. The number of amides is 1. The monoisotopic (exact) mass is 413 g/mol. The van der Waals surface area contributed by atoms with Crippen LogP contribution in [0, 0.1) is 6.92 Å². The summed E-state index contributed by atoms with van der Waals surface area (Å²) in [4.78, 5) is 21.5. The van der Waals surface area contributed by atoms with Crippen molar-refractivity contribution in [1.82, 2.24) is 15.2 Å². The van der Waals surface area contributed by atoms with Gasteiger partial charge < -0.3 is 10.1 Å². The summed E-state index contributed by atoms with van der Waals surface area (Å²) < 4.78 is 5.43. The maximum absolute atomic E-state index is 12.8. The Balaban J connectivity index is 1.42. The minimum absolute atomic E-state index is 0.0565. The number of aromatic nitrogens is 1. The minimum Gasteiger partial charge on any atom is -0.379 e. The highest BCUT2D eigenvalue weighted by atomic mass is 32.1. The molecule has 0 radical (unpaired) electrons. The lowest BCUT2D eigenvalue weighted by atomic mass is 10.1. The van der Waals surface area contributed by atoms with Gasteiger partial charge in [0.1, 0.15) is 9.88 Å². The summed E-state index contributed by atoms with van der Waals surface area (Å²) >= 11 is 3.10. The third-order valence-corrected chi connectivity index (χ3v) is 6.99. The molecule has 0 atom stereocenters. The van der Waals surface area contributed by atoms with Gasteiger partial charge in [-0.3, -0.25) is 9.69 Å². The zero-order chi connectivity index (χ0) is 19.3. The molecular formula is C21H23N3O2S2. The van der Waals surface area contributed by atoms with Gasteiger partial charge >= 0.3 is 0 Å². The fraction of sp³-hybridized carbons (Fsp3) is 0.333. The summed E-state index contributed by atoms with van der Waals surface area (Å²) in [5.41, 5.74) is 3.19. The van der Waals surface area contributed by atoms with Gasteiger partial charge in [0.05, 0.1) is 23.8 Å². The van der Waals surface area contributed by atoms with E-state index in [9.17, 15) is 4.79 Å². The first-order valence-corrected chi connectivity index (χ1v) is 11.1. The van der Waals surface area contributed by atoms with Crippen LogP contribution >= 0.6 is 22.7 Å². The summed E-state index contributed by atoms with van der Waals surface area (Å²) in [5, 5.41) is 6.02. The number of benzene rings is 1. The SMILES string of the molecule is Cc1nc(-c2cccs2)sc1C(=O)NCc1ccccc1CN1CCOCC1. The van der Waals surface area contributed by atoms with Crippen LogP contribution in [0.4, 0.5) is 0 Å². The zero-order valence-electron chi connectivity index (χ0n) is 15.8. The maximum atomic E-state index is 12.8. The highest BCUT2D eigenvalue weighted by Gasteiger charge is 2.17. The highest BCUT2D eigenvalue weighted by molar-refractivity contribution is 7.22. The van der Waals surface area contributed by atoms with Gasteiger partial charge in [-0.25, -0.2) is 4.98 Å². The van der Waals surface area contributed by atoms with Crippen LogP contribution in [0.5, 0.6) is 0 Å². The quantitative estimate of drug-likeness (QED) is 0.665. The number of rotatable bonds is 6. The van der Waals surface area contributed by atoms with Crippen LogP contribution in [0.3, 0.4) is 0 Å². The van der Waals surface area contributed by atoms with Crippen molar-refractivity contribution >= 4 is 28.6 Å². The number of aryl methyl sites for hydroxylation is 1. The molecule has 0 bridgehead atoms. The van der Waals surface area contributed by atoms with Crippen LogP contribution < -0.4 is 5.32 Å². The Morgan fingerprint density at radius 3 is 2.71 bits per heavy atom. The number of ether oxygens (including phenoxy) is 1. The van der Waals surface area contributed by atoms with Crippen molar-refractivity contribution < 1.29 is 9.53 Å². The largest absolute Gasteiger partial charge is 0.379 e. The number of carbonyl (C=O) groups is 1. The van der Waals surface area contributed by atoms with Crippen LogP contribution in [0.2, 0.25) is 0 Å². The topological polar surface area (TPSA) is 54.5 Å². The Bertz CT molecular complexity index is 931. The number of carbonyl (C=O) groups excluding carboxylic acids is 1. The van der Waals surface area contributed by atoms with Crippen LogP contribution in [-0.4, -0.2) is 42.1 Å². The number of hydrogen-bond acceptors (Lipinski definition) is 6. The van der Waals surface area contributed by atoms with Gasteiger partial charge in [-0.2, -0.15) is 0 Å². The first kappa shape index (κ1) is 19.3. The number of hydrogen-bond donors (Lipinski definition) is 1. The van der Waals surface area contributed by atoms with Crippen LogP contribution in [-0.2, 0) is 17.8 Å². The summed E-state index contributed by atoms with van der Waals surface area (Å²) in [6.07, 6.45) is 0. The Morgan fingerprint density at radius 1 is 1.18 bits per heavy atom. The molecule has 3 heterocycles. The van der Waals surface area contributed by atoms with Crippen molar-refractivity contribution in [3.8, 4) is 9.88 Å². The molecule has 1 aliphatic heterocycles. The molecule has 0 unspecified atom stereocenters. The fourth-order valence-electron chi connectivity index (χ4n) is 3.25. The van der Waals surface area contributed by atoms with Crippen LogP contribution in [0.1, 0.15) is 26.5 Å². The number of morpholine rings is 1. The van der Waals surface area contributed by atoms with E-state index >= 15 is 0 Å². The molecule has 0 spiro atoms. The van der Waals surface area contributed by atoms with Crippen LogP contribution in [0.15, 0.2) is 41.8 Å². The number of thiophene rings is 1. The van der Waals surface area contributed by atoms with Crippen LogP contribution in [0.25, 0.3) is 9.88 Å². The molecule has 146 valence electrons. The van der Waals surface area contributed by atoms with Crippen molar-refractivity contribution in [1.29, 1.82) is 0 Å². The summed E-state index contributed by atoms with van der Waals surface area (Å²) in [6, 6.07) is 12.4. The molecule has 1 aromatic carbocycles. The molecule has 0 saturated carbocycles. The zero-order valence-corrected chi connectivity index (χ0v) is 17.4. The second-order valence-electron chi connectivity index (χ2n) is 6.75. The maximum Gasteiger partial charge on any atom is 0.263 e. The van der Waals surface area contributed by atoms with Crippen molar-refractivity contribution in [3.05, 3.63) is 63.5 Å². The Hall–Kier alpha value is -2.06. The summed E-state index contributed by atoms with van der Waals surface area (Å²) in [7, 11) is 0. The standard InChI is InChI=1S/C21H23N3O2S2/c1-15-19(28-21(23-15)18-7-4-12-27-18)20(25)22-13-16-5-2-3-6-17(16)14-24-8-10-26-11-9-24/h2-7,12H,8-11,13-14H2,1H3,(H,22,25). The average molecular weight is 414 g/mol. The molecular weight excluding hydrogens is 390 g/mol. The molecule has 0 aliphatic carbocycles. The normalized spacial score (nSPS) is 14.9. The summed E-state index contributed by atoms with van der Waals surface area (Å²) in [6.45, 7) is 6.78. The number of thiazole rings is 1. The molecule has 28 heavy (non-hydrogen) atoms. The van der Waals surface area contributed by atoms with E-state index in [1.807, 2.05) is 30.5 Å². The number of nitrogens with zero attached hydrogens (tertiary/aromatic N) is 2. The predicted molar refractivity (Wildman–Crippen MR) is 114 cm³/mol. The van der Waals surface area contributed by atoms with Crippen molar-refractivity contribution in [3.63, 3.8) is 0 Å². The third kappa shape index (κ3) is 4.50. The first-order valence-electron chi connectivity index (χ1n) is 9.37. The van der Waals surface area contributed by atoms with Gasteiger partial charge in [-0.1, -0.05) is 30.3 Å². The smallest absolute Gasteiger partial charge is 0.263 e. The lowest BCUT2D eigenvalue weighted by molar-refractivity contribution is 0.0340. The fourth-order valence-corrected chi connectivity index (χ4v) is 5.03. The van der Waals surface area contributed by atoms with Crippen molar-refractivity contribution in [2.75, 3.05) is 26.3 Å². The van der Waals surface area contributed by atoms with Gasteiger partial charge in [0, 0.05) is 26.2 Å². The van der Waals surface area contributed by atoms with E-state index in [0.29, 0.717) is 11.4 Å². The molecule has 2 aromatic heterocycles. The van der Waals surface area contributed by atoms with Gasteiger partial charge in [0.25, 0.3) is 5.91 Å². The third-order valence-electron chi connectivity index (χ3n) is 4.79. The first-order chi connectivity index (χ1) is 13.7.